The van der Waals surface area contributed by atoms with Gasteiger partial charge in [-0.05, 0) is 30.7 Å². The lowest BCUT2D eigenvalue weighted by Crippen LogP contribution is -2.31. The topological polar surface area (TPSA) is 55.3 Å². The van der Waals surface area contributed by atoms with Gasteiger partial charge >= 0.3 is 0 Å². The number of pyridine rings is 1. The first-order valence-corrected chi connectivity index (χ1v) is 7.95. The number of aryl methyl sites for hydroxylation is 1. The number of carbonyl (C=O) groups is 1. The SMILES string of the molecule is Cc1ccccc1OCC(=O)N(c1ccccn1)c1nccs1. The van der Waals surface area contributed by atoms with Crippen LogP contribution >= 0.6 is 11.3 Å². The van der Waals surface area contributed by atoms with Crippen LogP contribution in [0.4, 0.5) is 10.9 Å². The highest BCUT2D eigenvalue weighted by Crippen LogP contribution is 2.26. The standard InChI is InChI=1S/C17H15N3O2S/c1-13-6-2-3-7-14(13)22-12-16(21)20(17-19-10-11-23-17)15-8-4-5-9-18-15/h2-11H,12H2,1H3. The number of thiazole rings is 1. The minimum Gasteiger partial charge on any atom is -0.483 e. The van der Waals surface area contributed by atoms with Crippen molar-refractivity contribution in [3.05, 3.63) is 65.8 Å². The number of hydrogen-bond acceptors (Lipinski definition) is 5. The number of amides is 1. The Kier molecular flexibility index (Phi) is 4.63. The summed E-state index contributed by atoms with van der Waals surface area (Å²) in [6.07, 6.45) is 3.30. The Balaban J connectivity index is 1.80. The summed E-state index contributed by atoms with van der Waals surface area (Å²) >= 11 is 1.38. The van der Waals surface area contributed by atoms with Gasteiger partial charge in [0.25, 0.3) is 5.91 Å². The predicted octanol–water partition coefficient (Wildman–Crippen LogP) is 3.59. The van der Waals surface area contributed by atoms with E-state index < -0.39 is 0 Å². The number of ether oxygens (including phenoxy) is 1. The van der Waals surface area contributed by atoms with Gasteiger partial charge in [0.2, 0.25) is 0 Å². The molecule has 0 radical (unpaired) electrons. The number of anilines is 2. The van der Waals surface area contributed by atoms with Crippen molar-refractivity contribution in [2.45, 2.75) is 6.92 Å². The second-order valence-electron chi connectivity index (χ2n) is 4.79. The molecule has 3 rings (SSSR count). The van der Waals surface area contributed by atoms with Crippen molar-refractivity contribution in [3.63, 3.8) is 0 Å². The third kappa shape index (κ3) is 3.54. The molecule has 23 heavy (non-hydrogen) atoms. The van der Waals surface area contributed by atoms with E-state index in [0.717, 1.165) is 5.56 Å². The second kappa shape index (κ2) is 7.02. The van der Waals surface area contributed by atoms with Gasteiger partial charge in [0, 0.05) is 17.8 Å². The van der Waals surface area contributed by atoms with Gasteiger partial charge in [-0.25, -0.2) is 14.9 Å². The summed E-state index contributed by atoms with van der Waals surface area (Å²) in [6.45, 7) is 1.86. The Hall–Kier alpha value is -2.73. The van der Waals surface area contributed by atoms with Crippen molar-refractivity contribution in [1.29, 1.82) is 0 Å². The molecule has 0 spiro atoms. The summed E-state index contributed by atoms with van der Waals surface area (Å²) in [7, 11) is 0. The summed E-state index contributed by atoms with van der Waals surface area (Å²) < 4.78 is 5.66. The molecule has 0 aliphatic carbocycles. The summed E-state index contributed by atoms with van der Waals surface area (Å²) in [5.74, 6) is 1.00. The molecule has 5 nitrogen and oxygen atoms in total. The Morgan fingerprint density at radius 3 is 2.65 bits per heavy atom. The monoisotopic (exact) mass is 325 g/mol. The lowest BCUT2D eigenvalue weighted by atomic mass is 10.2. The van der Waals surface area contributed by atoms with E-state index in [9.17, 15) is 4.79 Å². The molecule has 0 saturated carbocycles. The Labute approximate surface area is 138 Å². The first kappa shape index (κ1) is 15.2. The quantitative estimate of drug-likeness (QED) is 0.719. The number of benzene rings is 1. The van der Waals surface area contributed by atoms with E-state index in [1.54, 1.807) is 24.5 Å². The van der Waals surface area contributed by atoms with Crippen molar-refractivity contribution >= 4 is 28.2 Å². The van der Waals surface area contributed by atoms with Crippen molar-refractivity contribution in [2.24, 2.45) is 0 Å². The van der Waals surface area contributed by atoms with Gasteiger partial charge in [0.1, 0.15) is 11.6 Å². The number of aromatic nitrogens is 2. The number of carbonyl (C=O) groups excluding carboxylic acids is 1. The number of nitrogens with zero attached hydrogens (tertiary/aromatic N) is 3. The van der Waals surface area contributed by atoms with Gasteiger partial charge < -0.3 is 4.74 Å². The summed E-state index contributed by atoms with van der Waals surface area (Å²) in [5.41, 5.74) is 0.985. The van der Waals surface area contributed by atoms with Crippen LogP contribution in [0.3, 0.4) is 0 Å². The summed E-state index contributed by atoms with van der Waals surface area (Å²) in [4.78, 5) is 22.6. The minimum absolute atomic E-state index is 0.0823. The highest BCUT2D eigenvalue weighted by atomic mass is 32.1. The summed E-state index contributed by atoms with van der Waals surface area (Å²) in [5, 5.41) is 2.39. The highest BCUT2D eigenvalue weighted by molar-refractivity contribution is 7.13. The van der Waals surface area contributed by atoms with Crippen LogP contribution in [0, 0.1) is 6.92 Å². The Morgan fingerprint density at radius 1 is 1.13 bits per heavy atom. The molecule has 2 aromatic heterocycles. The maximum atomic E-state index is 12.7. The average Bonchev–Trinajstić information content (AvgIpc) is 3.09. The van der Waals surface area contributed by atoms with Crippen molar-refractivity contribution in [3.8, 4) is 5.75 Å². The van der Waals surface area contributed by atoms with Gasteiger partial charge in [0.05, 0.1) is 0 Å². The molecule has 2 heterocycles. The maximum Gasteiger partial charge on any atom is 0.272 e. The lowest BCUT2D eigenvalue weighted by molar-refractivity contribution is -0.119. The first-order valence-electron chi connectivity index (χ1n) is 7.07. The second-order valence-corrected chi connectivity index (χ2v) is 5.66. The van der Waals surface area contributed by atoms with Gasteiger partial charge in [-0.1, -0.05) is 24.3 Å². The number of rotatable bonds is 5. The number of para-hydroxylation sites is 1. The zero-order valence-electron chi connectivity index (χ0n) is 12.5. The molecule has 0 fully saturated rings. The molecule has 0 unspecified atom stereocenters. The smallest absolute Gasteiger partial charge is 0.272 e. The van der Waals surface area contributed by atoms with Gasteiger partial charge in [0.15, 0.2) is 11.7 Å². The minimum atomic E-state index is -0.220. The van der Waals surface area contributed by atoms with E-state index >= 15 is 0 Å². The average molecular weight is 325 g/mol. The van der Waals surface area contributed by atoms with E-state index in [-0.39, 0.29) is 12.5 Å². The zero-order chi connectivity index (χ0) is 16.1. The van der Waals surface area contributed by atoms with Crippen molar-refractivity contribution < 1.29 is 9.53 Å². The van der Waals surface area contributed by atoms with Crippen LogP contribution in [0.2, 0.25) is 0 Å². The molecule has 0 aliphatic rings. The Bertz CT molecular complexity index is 776. The normalized spacial score (nSPS) is 10.3. The van der Waals surface area contributed by atoms with Gasteiger partial charge in [-0.2, -0.15) is 0 Å². The molecule has 0 aliphatic heterocycles. The molecular formula is C17H15N3O2S. The van der Waals surface area contributed by atoms with E-state index in [1.807, 2.05) is 42.6 Å². The fourth-order valence-electron chi connectivity index (χ4n) is 2.07. The van der Waals surface area contributed by atoms with Crippen LogP contribution in [0.15, 0.2) is 60.2 Å². The molecule has 0 atom stereocenters. The zero-order valence-corrected chi connectivity index (χ0v) is 13.4. The van der Waals surface area contributed by atoms with Crippen LogP contribution in [0.1, 0.15) is 5.56 Å². The molecule has 0 bridgehead atoms. The molecular weight excluding hydrogens is 310 g/mol. The van der Waals surface area contributed by atoms with E-state index in [2.05, 4.69) is 9.97 Å². The predicted molar refractivity (Wildman–Crippen MR) is 90.2 cm³/mol. The fraction of sp³-hybridized carbons (Fsp3) is 0.118. The first-order chi connectivity index (χ1) is 11.3. The molecule has 6 heteroatoms. The molecule has 116 valence electrons. The molecule has 1 amide bonds. The largest absolute Gasteiger partial charge is 0.483 e. The maximum absolute atomic E-state index is 12.7. The van der Waals surface area contributed by atoms with Crippen LogP contribution in [0.5, 0.6) is 5.75 Å². The molecule has 1 aromatic carbocycles. The van der Waals surface area contributed by atoms with Crippen LogP contribution in [-0.4, -0.2) is 22.5 Å². The van der Waals surface area contributed by atoms with E-state index in [4.69, 9.17) is 4.74 Å². The third-order valence-electron chi connectivity index (χ3n) is 3.18. The molecule has 0 N–H and O–H groups in total. The molecule has 0 saturated heterocycles. The Morgan fingerprint density at radius 2 is 1.96 bits per heavy atom. The number of hydrogen-bond donors (Lipinski definition) is 0. The van der Waals surface area contributed by atoms with Crippen molar-refractivity contribution in [1.82, 2.24) is 9.97 Å². The van der Waals surface area contributed by atoms with Gasteiger partial charge in [-0.15, -0.1) is 11.3 Å². The third-order valence-corrected chi connectivity index (χ3v) is 3.94. The lowest BCUT2D eigenvalue weighted by Gasteiger charge is -2.19. The van der Waals surface area contributed by atoms with Crippen LogP contribution in [-0.2, 0) is 4.79 Å². The summed E-state index contributed by atoms with van der Waals surface area (Å²) in [6, 6.07) is 13.0. The van der Waals surface area contributed by atoms with E-state index in [0.29, 0.717) is 16.7 Å². The van der Waals surface area contributed by atoms with Crippen molar-refractivity contribution in [2.75, 3.05) is 11.5 Å². The van der Waals surface area contributed by atoms with Crippen LogP contribution < -0.4 is 9.64 Å². The fourth-order valence-corrected chi connectivity index (χ4v) is 2.73. The van der Waals surface area contributed by atoms with E-state index in [1.165, 1.54) is 16.2 Å². The van der Waals surface area contributed by atoms with Gasteiger partial charge in [-0.3, -0.25) is 4.79 Å². The highest BCUT2D eigenvalue weighted by Gasteiger charge is 2.21. The van der Waals surface area contributed by atoms with Crippen LogP contribution in [0.25, 0.3) is 0 Å². The molecule has 3 aromatic rings.